The SMILES string of the molecule is CCCOCC(N)c1noc(CC(C)CC)n1. The Hall–Kier alpha value is -0.940. The second-order valence-electron chi connectivity index (χ2n) is 4.45. The monoisotopic (exact) mass is 241 g/mol. The van der Waals surface area contributed by atoms with Crippen molar-refractivity contribution < 1.29 is 9.26 Å². The van der Waals surface area contributed by atoms with Crippen LogP contribution in [-0.2, 0) is 11.2 Å². The average Bonchev–Trinajstić information content (AvgIpc) is 2.77. The summed E-state index contributed by atoms with van der Waals surface area (Å²) >= 11 is 0. The molecule has 5 heteroatoms. The lowest BCUT2D eigenvalue weighted by Crippen LogP contribution is -2.19. The molecule has 0 bridgehead atoms. The van der Waals surface area contributed by atoms with Crippen LogP contribution in [0.3, 0.4) is 0 Å². The molecule has 0 saturated carbocycles. The van der Waals surface area contributed by atoms with E-state index >= 15 is 0 Å². The average molecular weight is 241 g/mol. The first kappa shape index (κ1) is 14.1. The molecule has 0 radical (unpaired) electrons. The molecule has 17 heavy (non-hydrogen) atoms. The second kappa shape index (κ2) is 7.40. The van der Waals surface area contributed by atoms with E-state index in [9.17, 15) is 0 Å². The molecule has 0 aliphatic heterocycles. The minimum atomic E-state index is -0.295. The summed E-state index contributed by atoms with van der Waals surface area (Å²) in [4.78, 5) is 4.29. The highest BCUT2D eigenvalue weighted by Gasteiger charge is 2.15. The van der Waals surface area contributed by atoms with Crippen LogP contribution >= 0.6 is 0 Å². The first-order valence-corrected chi connectivity index (χ1v) is 6.33. The molecule has 1 aromatic rings. The smallest absolute Gasteiger partial charge is 0.226 e. The zero-order chi connectivity index (χ0) is 12.7. The lowest BCUT2D eigenvalue weighted by Gasteiger charge is -2.06. The third-order valence-corrected chi connectivity index (χ3v) is 2.68. The van der Waals surface area contributed by atoms with Crippen molar-refractivity contribution in [2.45, 2.75) is 46.1 Å². The van der Waals surface area contributed by atoms with Gasteiger partial charge in [0.25, 0.3) is 0 Å². The topological polar surface area (TPSA) is 74.2 Å². The van der Waals surface area contributed by atoms with E-state index in [4.69, 9.17) is 15.0 Å². The van der Waals surface area contributed by atoms with Crippen molar-refractivity contribution in [1.29, 1.82) is 0 Å². The van der Waals surface area contributed by atoms with Crippen molar-refractivity contribution in [1.82, 2.24) is 10.1 Å². The number of ether oxygens (including phenoxy) is 1. The van der Waals surface area contributed by atoms with Crippen LogP contribution in [0.25, 0.3) is 0 Å². The Labute approximate surface area is 103 Å². The number of hydrogen-bond acceptors (Lipinski definition) is 5. The van der Waals surface area contributed by atoms with Crippen LogP contribution in [0.5, 0.6) is 0 Å². The molecule has 98 valence electrons. The van der Waals surface area contributed by atoms with Crippen LogP contribution in [-0.4, -0.2) is 23.4 Å². The molecule has 2 unspecified atom stereocenters. The Balaban J connectivity index is 2.43. The van der Waals surface area contributed by atoms with Crippen LogP contribution in [0.1, 0.15) is 51.4 Å². The van der Waals surface area contributed by atoms with Gasteiger partial charge in [-0.1, -0.05) is 32.3 Å². The summed E-state index contributed by atoms with van der Waals surface area (Å²) in [5, 5.41) is 3.89. The molecular weight excluding hydrogens is 218 g/mol. The summed E-state index contributed by atoms with van der Waals surface area (Å²) < 4.78 is 10.5. The Morgan fingerprint density at radius 2 is 2.18 bits per heavy atom. The van der Waals surface area contributed by atoms with E-state index in [1.807, 2.05) is 0 Å². The molecule has 0 saturated heterocycles. The minimum absolute atomic E-state index is 0.295. The highest BCUT2D eigenvalue weighted by molar-refractivity contribution is 4.93. The van der Waals surface area contributed by atoms with Gasteiger partial charge in [-0.05, 0) is 12.3 Å². The first-order chi connectivity index (χ1) is 8.17. The van der Waals surface area contributed by atoms with Gasteiger partial charge < -0.3 is 15.0 Å². The van der Waals surface area contributed by atoms with Crippen LogP contribution in [0.2, 0.25) is 0 Å². The predicted octanol–water partition coefficient (Wildman–Crippen LogP) is 2.08. The molecule has 1 rings (SSSR count). The lowest BCUT2D eigenvalue weighted by atomic mass is 10.1. The maximum Gasteiger partial charge on any atom is 0.226 e. The zero-order valence-electron chi connectivity index (χ0n) is 11.0. The van der Waals surface area contributed by atoms with Crippen LogP contribution in [0.15, 0.2) is 4.52 Å². The van der Waals surface area contributed by atoms with Crippen molar-refractivity contribution in [2.24, 2.45) is 11.7 Å². The fraction of sp³-hybridized carbons (Fsp3) is 0.833. The van der Waals surface area contributed by atoms with Gasteiger partial charge in [-0.3, -0.25) is 0 Å². The molecule has 0 aliphatic carbocycles. The molecule has 2 N–H and O–H groups in total. The fourth-order valence-corrected chi connectivity index (χ4v) is 1.37. The Bertz CT molecular complexity index is 314. The molecule has 1 heterocycles. The summed E-state index contributed by atoms with van der Waals surface area (Å²) in [7, 11) is 0. The van der Waals surface area contributed by atoms with Gasteiger partial charge in [0.1, 0.15) is 0 Å². The maximum absolute atomic E-state index is 5.90. The predicted molar refractivity (Wildman–Crippen MR) is 65.5 cm³/mol. The molecule has 5 nitrogen and oxygen atoms in total. The molecule has 0 amide bonds. The van der Waals surface area contributed by atoms with Gasteiger partial charge in [0.2, 0.25) is 5.89 Å². The number of aromatic nitrogens is 2. The molecule has 0 aliphatic rings. The van der Waals surface area contributed by atoms with E-state index in [0.717, 1.165) is 19.3 Å². The summed E-state index contributed by atoms with van der Waals surface area (Å²) in [6, 6.07) is -0.295. The van der Waals surface area contributed by atoms with Crippen molar-refractivity contribution in [2.75, 3.05) is 13.2 Å². The number of nitrogens with two attached hydrogens (primary N) is 1. The standard InChI is InChI=1S/C12H23N3O2/c1-4-6-16-8-10(13)12-14-11(17-15-12)7-9(3)5-2/h9-10H,4-8,13H2,1-3H3. The van der Waals surface area contributed by atoms with Gasteiger partial charge in [0, 0.05) is 13.0 Å². The normalized spacial score (nSPS) is 14.8. The van der Waals surface area contributed by atoms with Gasteiger partial charge >= 0.3 is 0 Å². The molecule has 1 aromatic heterocycles. The summed E-state index contributed by atoms with van der Waals surface area (Å²) in [6.07, 6.45) is 2.90. The minimum Gasteiger partial charge on any atom is -0.379 e. The van der Waals surface area contributed by atoms with E-state index < -0.39 is 0 Å². The van der Waals surface area contributed by atoms with Crippen LogP contribution in [0, 0.1) is 5.92 Å². The van der Waals surface area contributed by atoms with E-state index in [1.165, 1.54) is 0 Å². The lowest BCUT2D eigenvalue weighted by molar-refractivity contribution is 0.119. The van der Waals surface area contributed by atoms with Crippen molar-refractivity contribution in [3.05, 3.63) is 11.7 Å². The Kier molecular flexibility index (Phi) is 6.15. The third kappa shape index (κ3) is 4.83. The summed E-state index contributed by atoms with van der Waals surface area (Å²) in [6.45, 7) is 7.52. The number of nitrogens with zero attached hydrogens (tertiary/aromatic N) is 2. The number of rotatable bonds is 8. The van der Waals surface area contributed by atoms with E-state index in [-0.39, 0.29) is 6.04 Å². The highest BCUT2D eigenvalue weighted by Crippen LogP contribution is 2.12. The van der Waals surface area contributed by atoms with Gasteiger partial charge in [-0.2, -0.15) is 4.98 Å². The first-order valence-electron chi connectivity index (χ1n) is 6.33. The third-order valence-electron chi connectivity index (χ3n) is 2.68. The van der Waals surface area contributed by atoms with Crippen molar-refractivity contribution >= 4 is 0 Å². The molecular formula is C12H23N3O2. The van der Waals surface area contributed by atoms with Crippen LogP contribution in [0.4, 0.5) is 0 Å². The molecule has 2 atom stereocenters. The van der Waals surface area contributed by atoms with E-state index in [0.29, 0.717) is 30.8 Å². The van der Waals surface area contributed by atoms with Crippen molar-refractivity contribution in [3.8, 4) is 0 Å². The highest BCUT2D eigenvalue weighted by atomic mass is 16.5. The van der Waals surface area contributed by atoms with Gasteiger partial charge in [0.05, 0.1) is 12.6 Å². The maximum atomic E-state index is 5.90. The van der Waals surface area contributed by atoms with E-state index in [2.05, 4.69) is 30.9 Å². The van der Waals surface area contributed by atoms with Crippen molar-refractivity contribution in [3.63, 3.8) is 0 Å². The van der Waals surface area contributed by atoms with Gasteiger partial charge in [-0.25, -0.2) is 0 Å². The summed E-state index contributed by atoms with van der Waals surface area (Å²) in [5.41, 5.74) is 5.90. The summed E-state index contributed by atoms with van der Waals surface area (Å²) in [5.74, 6) is 1.76. The van der Waals surface area contributed by atoms with Crippen LogP contribution < -0.4 is 5.73 Å². The molecule has 0 aromatic carbocycles. The quantitative estimate of drug-likeness (QED) is 0.705. The molecule has 0 spiro atoms. The van der Waals surface area contributed by atoms with E-state index in [1.54, 1.807) is 0 Å². The fourth-order valence-electron chi connectivity index (χ4n) is 1.37. The van der Waals surface area contributed by atoms with Gasteiger partial charge in [0.15, 0.2) is 5.82 Å². The Morgan fingerprint density at radius 1 is 1.41 bits per heavy atom. The molecule has 0 fully saturated rings. The largest absolute Gasteiger partial charge is 0.379 e. The number of hydrogen-bond donors (Lipinski definition) is 1. The van der Waals surface area contributed by atoms with Gasteiger partial charge in [-0.15, -0.1) is 0 Å². The zero-order valence-corrected chi connectivity index (χ0v) is 11.0. The second-order valence-corrected chi connectivity index (χ2v) is 4.45. The Morgan fingerprint density at radius 3 is 2.82 bits per heavy atom.